The van der Waals surface area contributed by atoms with Crippen LogP contribution in [0.25, 0.3) is 77.2 Å². The summed E-state index contributed by atoms with van der Waals surface area (Å²) in [6, 6.07) is 74.0. The lowest BCUT2D eigenvalue weighted by Gasteiger charge is -2.26. The Labute approximate surface area is 321 Å². The van der Waals surface area contributed by atoms with Gasteiger partial charge in [0.25, 0.3) is 0 Å². The first-order chi connectivity index (χ1) is 27.2. The van der Waals surface area contributed by atoms with E-state index in [4.69, 9.17) is 4.42 Å². The number of fused-ring (bicyclic) bond motifs is 4. The van der Waals surface area contributed by atoms with E-state index < -0.39 is 0 Å². The third-order valence-corrected chi connectivity index (χ3v) is 10.8. The van der Waals surface area contributed by atoms with Gasteiger partial charge >= 0.3 is 0 Å². The van der Waals surface area contributed by atoms with E-state index >= 15 is 0 Å². The average Bonchev–Trinajstić information content (AvgIpc) is 3.60. The fourth-order valence-electron chi connectivity index (χ4n) is 7.99. The topological polar surface area (TPSA) is 16.4 Å². The molecule has 9 aromatic carbocycles. The van der Waals surface area contributed by atoms with Gasteiger partial charge in [-0.05, 0) is 116 Å². The first kappa shape index (κ1) is 32.5. The second-order valence-corrected chi connectivity index (χ2v) is 14.2. The Balaban J connectivity index is 1.04. The van der Waals surface area contributed by atoms with Crippen molar-refractivity contribution in [1.82, 2.24) is 0 Å². The van der Waals surface area contributed by atoms with E-state index in [-0.39, 0.29) is 0 Å². The number of anilines is 3. The van der Waals surface area contributed by atoms with Gasteiger partial charge in [-0.15, -0.1) is 0 Å². The molecular formula is C53H37NO. The highest BCUT2D eigenvalue weighted by Gasteiger charge is 2.17. The summed E-state index contributed by atoms with van der Waals surface area (Å²) < 4.78 is 6.44. The van der Waals surface area contributed by atoms with Gasteiger partial charge in [0, 0.05) is 33.6 Å². The van der Waals surface area contributed by atoms with Crippen molar-refractivity contribution in [2.24, 2.45) is 0 Å². The van der Waals surface area contributed by atoms with Crippen molar-refractivity contribution in [2.75, 3.05) is 4.90 Å². The maximum absolute atomic E-state index is 6.44. The lowest BCUT2D eigenvalue weighted by molar-refractivity contribution is 0.629. The molecule has 0 saturated carbocycles. The molecular weight excluding hydrogens is 667 g/mol. The number of nitrogens with zero attached hydrogens (tertiary/aromatic N) is 1. The summed E-state index contributed by atoms with van der Waals surface area (Å²) in [6.45, 7) is 2.14. The quantitative estimate of drug-likeness (QED) is 0.154. The van der Waals surface area contributed by atoms with Crippen LogP contribution in [0.2, 0.25) is 0 Å². The summed E-state index contributed by atoms with van der Waals surface area (Å²) in [6.07, 6.45) is 0. The second kappa shape index (κ2) is 13.7. The van der Waals surface area contributed by atoms with Crippen molar-refractivity contribution in [1.29, 1.82) is 0 Å². The largest absolute Gasteiger partial charge is 0.456 e. The van der Waals surface area contributed by atoms with Crippen LogP contribution >= 0.6 is 0 Å². The number of para-hydroxylation sites is 1. The van der Waals surface area contributed by atoms with E-state index in [1.165, 1.54) is 54.9 Å². The normalized spacial score (nSPS) is 11.4. The van der Waals surface area contributed by atoms with Gasteiger partial charge in [-0.3, -0.25) is 0 Å². The first-order valence-corrected chi connectivity index (χ1v) is 18.8. The second-order valence-electron chi connectivity index (χ2n) is 14.2. The molecule has 0 bridgehead atoms. The number of hydrogen-bond donors (Lipinski definition) is 0. The van der Waals surface area contributed by atoms with Crippen LogP contribution in [-0.2, 0) is 0 Å². The molecule has 0 aliphatic rings. The standard InChI is InChI=1S/C53H37NO/c1-36-49-18-7-8-20-52(49)55-53(36)45-16-10-17-48(35-45)54(46-28-23-38(24-29-46)42-15-9-14-41(33-42)37-11-3-2-4-12-37)47-30-25-39(26-31-47)43-27-32-51-44(34-43)22-21-40-13-5-6-19-50(40)51/h2-35H,1H3. The Kier molecular flexibility index (Phi) is 8.08. The van der Waals surface area contributed by atoms with Gasteiger partial charge in [0.15, 0.2) is 0 Å². The molecule has 0 atom stereocenters. The van der Waals surface area contributed by atoms with Crippen LogP contribution in [0.5, 0.6) is 0 Å². The predicted molar refractivity (Wildman–Crippen MR) is 232 cm³/mol. The van der Waals surface area contributed by atoms with E-state index in [9.17, 15) is 0 Å². The van der Waals surface area contributed by atoms with E-state index in [0.29, 0.717) is 0 Å². The van der Waals surface area contributed by atoms with Crippen LogP contribution in [0.1, 0.15) is 5.56 Å². The monoisotopic (exact) mass is 703 g/mol. The molecule has 1 aromatic heterocycles. The molecule has 0 saturated heterocycles. The fraction of sp³-hybridized carbons (Fsp3) is 0.0189. The molecule has 0 N–H and O–H groups in total. The number of rotatable bonds is 7. The third-order valence-electron chi connectivity index (χ3n) is 10.8. The highest BCUT2D eigenvalue weighted by atomic mass is 16.3. The minimum atomic E-state index is 0.899. The van der Waals surface area contributed by atoms with Crippen LogP contribution in [0.4, 0.5) is 17.1 Å². The Morgan fingerprint density at radius 3 is 1.58 bits per heavy atom. The lowest BCUT2D eigenvalue weighted by Crippen LogP contribution is -2.10. The summed E-state index contributed by atoms with van der Waals surface area (Å²) in [7, 11) is 0. The van der Waals surface area contributed by atoms with Gasteiger partial charge in [-0.25, -0.2) is 0 Å². The summed E-state index contributed by atoms with van der Waals surface area (Å²) in [5.41, 5.74) is 13.5. The molecule has 1 heterocycles. The summed E-state index contributed by atoms with van der Waals surface area (Å²) in [5, 5.41) is 6.21. The van der Waals surface area contributed by atoms with Crippen molar-refractivity contribution in [2.45, 2.75) is 6.92 Å². The van der Waals surface area contributed by atoms with Crippen LogP contribution in [0, 0.1) is 6.92 Å². The number of aryl methyl sites for hydroxylation is 1. The number of hydrogen-bond acceptors (Lipinski definition) is 2. The molecule has 10 rings (SSSR count). The zero-order valence-corrected chi connectivity index (χ0v) is 30.5. The zero-order chi connectivity index (χ0) is 36.7. The van der Waals surface area contributed by atoms with Crippen LogP contribution < -0.4 is 4.90 Å². The molecule has 0 fully saturated rings. The van der Waals surface area contributed by atoms with E-state index in [1.807, 2.05) is 12.1 Å². The molecule has 0 radical (unpaired) electrons. The highest BCUT2D eigenvalue weighted by Crippen LogP contribution is 2.41. The number of furan rings is 1. The van der Waals surface area contributed by atoms with Crippen molar-refractivity contribution < 1.29 is 4.42 Å². The maximum atomic E-state index is 6.44. The Morgan fingerprint density at radius 1 is 0.327 bits per heavy atom. The molecule has 0 spiro atoms. The van der Waals surface area contributed by atoms with Gasteiger partial charge < -0.3 is 9.32 Å². The first-order valence-electron chi connectivity index (χ1n) is 18.8. The van der Waals surface area contributed by atoms with Crippen molar-refractivity contribution in [3.63, 3.8) is 0 Å². The SMILES string of the molecule is Cc1c(-c2cccc(N(c3ccc(-c4cccc(-c5ccccc5)c4)cc3)c3ccc(-c4ccc5c(ccc6ccccc65)c4)cc3)c2)oc2ccccc12. The van der Waals surface area contributed by atoms with Crippen LogP contribution in [0.3, 0.4) is 0 Å². The molecule has 10 aromatic rings. The molecule has 0 unspecified atom stereocenters. The van der Waals surface area contributed by atoms with E-state index in [1.54, 1.807) is 0 Å². The minimum Gasteiger partial charge on any atom is -0.456 e. The Morgan fingerprint density at radius 2 is 0.855 bits per heavy atom. The molecule has 260 valence electrons. The summed E-state index contributed by atoms with van der Waals surface area (Å²) in [5.74, 6) is 0.899. The third kappa shape index (κ3) is 6.04. The number of benzene rings is 9. The lowest BCUT2D eigenvalue weighted by atomic mass is 9.97. The summed E-state index contributed by atoms with van der Waals surface area (Å²) in [4.78, 5) is 2.34. The summed E-state index contributed by atoms with van der Waals surface area (Å²) >= 11 is 0. The van der Waals surface area contributed by atoms with E-state index in [0.717, 1.165) is 44.9 Å². The smallest absolute Gasteiger partial charge is 0.138 e. The highest BCUT2D eigenvalue weighted by molar-refractivity contribution is 6.08. The van der Waals surface area contributed by atoms with Crippen LogP contribution in [-0.4, -0.2) is 0 Å². The van der Waals surface area contributed by atoms with Gasteiger partial charge in [0.1, 0.15) is 11.3 Å². The van der Waals surface area contributed by atoms with Gasteiger partial charge in [-0.1, -0.05) is 152 Å². The van der Waals surface area contributed by atoms with Gasteiger partial charge in [-0.2, -0.15) is 0 Å². The Bertz CT molecular complexity index is 2970. The zero-order valence-electron chi connectivity index (χ0n) is 30.5. The molecule has 2 heteroatoms. The molecule has 0 aliphatic carbocycles. The van der Waals surface area contributed by atoms with E-state index in [2.05, 4.69) is 206 Å². The van der Waals surface area contributed by atoms with Crippen molar-refractivity contribution in [3.05, 3.63) is 212 Å². The minimum absolute atomic E-state index is 0.899. The molecule has 55 heavy (non-hydrogen) atoms. The molecule has 0 amide bonds. The Hall–Kier alpha value is -7.16. The molecule has 2 nitrogen and oxygen atoms in total. The van der Waals surface area contributed by atoms with Crippen LogP contribution in [0.15, 0.2) is 211 Å². The van der Waals surface area contributed by atoms with Gasteiger partial charge in [0.2, 0.25) is 0 Å². The fourth-order valence-corrected chi connectivity index (χ4v) is 7.99. The average molecular weight is 704 g/mol. The van der Waals surface area contributed by atoms with Crippen molar-refractivity contribution >= 4 is 49.6 Å². The van der Waals surface area contributed by atoms with Gasteiger partial charge in [0.05, 0.1) is 0 Å². The predicted octanol–water partition coefficient (Wildman–Crippen LogP) is 15.2. The maximum Gasteiger partial charge on any atom is 0.138 e. The molecule has 0 aliphatic heterocycles. The van der Waals surface area contributed by atoms with Crippen molar-refractivity contribution in [3.8, 4) is 44.7 Å².